The summed E-state index contributed by atoms with van der Waals surface area (Å²) in [5.41, 5.74) is 0. The zero-order valence-corrected chi connectivity index (χ0v) is 11.5. The minimum atomic E-state index is -3.40. The third-order valence-electron chi connectivity index (χ3n) is 1.73. The van der Waals surface area contributed by atoms with Gasteiger partial charge in [-0.25, -0.2) is 21.6 Å². The highest BCUT2D eigenvalue weighted by Gasteiger charge is 2.17. The van der Waals surface area contributed by atoms with E-state index in [0.29, 0.717) is 13.1 Å². The fourth-order valence-electron chi connectivity index (χ4n) is 1.24. The van der Waals surface area contributed by atoms with E-state index in [1.54, 1.807) is 0 Å². The van der Waals surface area contributed by atoms with E-state index in [2.05, 4.69) is 10.0 Å². The molecule has 0 rings (SSSR count). The Hall–Kier alpha value is -0.180. The molecule has 16 heavy (non-hydrogen) atoms. The van der Waals surface area contributed by atoms with Crippen molar-refractivity contribution in [1.29, 1.82) is 0 Å². The van der Waals surface area contributed by atoms with Crippen molar-refractivity contribution in [2.24, 2.45) is 0 Å². The lowest BCUT2D eigenvalue weighted by atomic mass is 10.4. The molecule has 1 atom stereocenters. The second-order valence-electron chi connectivity index (χ2n) is 3.78. The fourth-order valence-corrected chi connectivity index (χ4v) is 3.56. The van der Waals surface area contributed by atoms with Crippen LogP contribution < -0.4 is 10.0 Å². The molecule has 0 aliphatic rings. The van der Waals surface area contributed by atoms with Gasteiger partial charge in [0.2, 0.25) is 10.0 Å². The van der Waals surface area contributed by atoms with E-state index in [-0.39, 0.29) is 11.5 Å². The minimum absolute atomic E-state index is 0.0467. The van der Waals surface area contributed by atoms with Gasteiger partial charge in [-0.15, -0.1) is 0 Å². The maximum atomic E-state index is 11.5. The van der Waals surface area contributed by atoms with E-state index in [4.69, 9.17) is 0 Å². The van der Waals surface area contributed by atoms with Gasteiger partial charge in [0, 0.05) is 18.8 Å². The van der Waals surface area contributed by atoms with Gasteiger partial charge < -0.3 is 5.32 Å². The molecule has 2 N–H and O–H groups in total. The summed E-state index contributed by atoms with van der Waals surface area (Å²) in [6, 6.07) is -0.596. The molecule has 6 nitrogen and oxygen atoms in total. The van der Waals surface area contributed by atoms with E-state index in [0.717, 1.165) is 6.26 Å². The van der Waals surface area contributed by atoms with Crippen LogP contribution in [0.3, 0.4) is 0 Å². The van der Waals surface area contributed by atoms with Crippen molar-refractivity contribution in [2.75, 3.05) is 30.9 Å². The van der Waals surface area contributed by atoms with Crippen LogP contribution in [0.5, 0.6) is 0 Å². The summed E-state index contributed by atoms with van der Waals surface area (Å²) in [5.74, 6) is -0.234. The molecule has 0 amide bonds. The second-order valence-corrected chi connectivity index (χ2v) is 7.84. The molecule has 0 spiro atoms. The first kappa shape index (κ1) is 15.8. The molecule has 8 heteroatoms. The van der Waals surface area contributed by atoms with Crippen molar-refractivity contribution in [2.45, 2.75) is 19.9 Å². The zero-order valence-electron chi connectivity index (χ0n) is 9.86. The normalized spacial score (nSPS) is 14.9. The van der Waals surface area contributed by atoms with Crippen LogP contribution in [0, 0.1) is 0 Å². The number of sulfonamides is 1. The Kier molecular flexibility index (Phi) is 6.46. The smallest absolute Gasteiger partial charge is 0.213 e. The Bertz CT molecular complexity index is 388. The lowest BCUT2D eigenvalue weighted by molar-refractivity contribution is 0.561. The molecule has 0 saturated carbocycles. The van der Waals surface area contributed by atoms with Crippen LogP contribution in [-0.2, 0) is 19.9 Å². The number of nitrogens with one attached hydrogen (secondary N) is 2. The van der Waals surface area contributed by atoms with E-state index in [1.807, 2.05) is 6.92 Å². The molecule has 0 aliphatic heterocycles. The summed E-state index contributed by atoms with van der Waals surface area (Å²) in [7, 11) is -6.57. The topological polar surface area (TPSA) is 92.3 Å². The van der Waals surface area contributed by atoms with Crippen molar-refractivity contribution in [3.8, 4) is 0 Å². The van der Waals surface area contributed by atoms with Crippen LogP contribution in [0.25, 0.3) is 0 Å². The summed E-state index contributed by atoms with van der Waals surface area (Å²) < 4.78 is 47.1. The lowest BCUT2D eigenvalue weighted by Gasteiger charge is -2.13. The van der Waals surface area contributed by atoms with Gasteiger partial charge in [-0.1, -0.05) is 6.92 Å². The molecule has 0 bridgehead atoms. The molecule has 0 fully saturated rings. The summed E-state index contributed by atoms with van der Waals surface area (Å²) in [6.45, 7) is 4.48. The highest BCUT2D eigenvalue weighted by atomic mass is 32.2. The second kappa shape index (κ2) is 6.53. The molecule has 98 valence electrons. The van der Waals surface area contributed by atoms with Crippen molar-refractivity contribution < 1.29 is 16.8 Å². The molecule has 0 heterocycles. The first-order chi connectivity index (χ1) is 7.16. The largest absolute Gasteiger partial charge is 0.316 e. The van der Waals surface area contributed by atoms with Gasteiger partial charge >= 0.3 is 0 Å². The Morgan fingerprint density at radius 1 is 1.19 bits per heavy atom. The van der Waals surface area contributed by atoms with Gasteiger partial charge in [0.25, 0.3) is 0 Å². The van der Waals surface area contributed by atoms with Crippen LogP contribution in [-0.4, -0.2) is 53.7 Å². The van der Waals surface area contributed by atoms with Gasteiger partial charge in [0.1, 0.15) is 9.84 Å². The summed E-state index contributed by atoms with van der Waals surface area (Å²) in [5, 5.41) is 2.89. The standard InChI is InChI=1S/C8H20N2O4S2/c1-4-9-5-6-16(13,14)10-8(2)7-15(3,11)12/h8-10H,4-7H2,1-3H3. The molecule has 0 aromatic carbocycles. The van der Waals surface area contributed by atoms with Crippen LogP contribution in [0.4, 0.5) is 0 Å². The quantitative estimate of drug-likeness (QED) is 0.550. The highest BCUT2D eigenvalue weighted by molar-refractivity contribution is 7.91. The molecule has 0 saturated heterocycles. The maximum Gasteiger partial charge on any atom is 0.213 e. The van der Waals surface area contributed by atoms with E-state index >= 15 is 0 Å². The molecule has 0 aromatic rings. The summed E-state index contributed by atoms with van der Waals surface area (Å²) in [6.07, 6.45) is 1.08. The average molecular weight is 272 g/mol. The highest BCUT2D eigenvalue weighted by Crippen LogP contribution is 1.94. The van der Waals surface area contributed by atoms with Gasteiger partial charge in [-0.2, -0.15) is 0 Å². The molecule has 0 radical (unpaired) electrons. The first-order valence-corrected chi connectivity index (χ1v) is 8.76. The third-order valence-corrected chi connectivity index (χ3v) is 4.34. The van der Waals surface area contributed by atoms with Gasteiger partial charge in [0.05, 0.1) is 11.5 Å². The van der Waals surface area contributed by atoms with Crippen LogP contribution in [0.1, 0.15) is 13.8 Å². The van der Waals surface area contributed by atoms with Crippen molar-refractivity contribution in [3.63, 3.8) is 0 Å². The Morgan fingerprint density at radius 2 is 1.75 bits per heavy atom. The summed E-state index contributed by atoms with van der Waals surface area (Å²) in [4.78, 5) is 0. The van der Waals surface area contributed by atoms with E-state index in [1.165, 1.54) is 6.92 Å². The number of rotatable bonds is 8. The fraction of sp³-hybridized carbons (Fsp3) is 1.00. The molecule has 1 unspecified atom stereocenters. The third kappa shape index (κ3) is 9.08. The van der Waals surface area contributed by atoms with Crippen molar-refractivity contribution in [3.05, 3.63) is 0 Å². The van der Waals surface area contributed by atoms with Crippen molar-refractivity contribution in [1.82, 2.24) is 10.0 Å². The Labute approximate surface area is 97.8 Å². The predicted octanol–water partition coefficient (Wildman–Crippen LogP) is -1.05. The number of sulfone groups is 1. The predicted molar refractivity (Wildman–Crippen MR) is 64.6 cm³/mol. The minimum Gasteiger partial charge on any atom is -0.316 e. The van der Waals surface area contributed by atoms with E-state index < -0.39 is 25.9 Å². The Morgan fingerprint density at radius 3 is 2.19 bits per heavy atom. The number of hydrogen-bond acceptors (Lipinski definition) is 5. The Balaban J connectivity index is 4.16. The molecular formula is C8H20N2O4S2. The molecule has 0 aromatic heterocycles. The van der Waals surface area contributed by atoms with Crippen LogP contribution in [0.2, 0.25) is 0 Å². The SMILES string of the molecule is CCNCCS(=O)(=O)NC(C)CS(C)(=O)=O. The number of hydrogen-bond donors (Lipinski definition) is 2. The van der Waals surface area contributed by atoms with Crippen molar-refractivity contribution >= 4 is 19.9 Å². The zero-order chi connectivity index (χ0) is 12.8. The average Bonchev–Trinajstić information content (AvgIpc) is 1.98. The van der Waals surface area contributed by atoms with Gasteiger partial charge in [-0.05, 0) is 13.5 Å². The monoisotopic (exact) mass is 272 g/mol. The summed E-state index contributed by atoms with van der Waals surface area (Å²) >= 11 is 0. The van der Waals surface area contributed by atoms with Crippen LogP contribution in [0.15, 0.2) is 0 Å². The lowest BCUT2D eigenvalue weighted by Crippen LogP contribution is -2.40. The van der Waals surface area contributed by atoms with E-state index in [9.17, 15) is 16.8 Å². The first-order valence-electron chi connectivity index (χ1n) is 5.04. The van der Waals surface area contributed by atoms with Gasteiger partial charge in [-0.3, -0.25) is 0 Å². The maximum absolute atomic E-state index is 11.5. The van der Waals surface area contributed by atoms with Crippen LogP contribution >= 0.6 is 0 Å². The molecule has 0 aliphatic carbocycles. The molecular weight excluding hydrogens is 252 g/mol. The van der Waals surface area contributed by atoms with Gasteiger partial charge in [0.15, 0.2) is 0 Å².